The lowest BCUT2D eigenvalue weighted by Crippen LogP contribution is -2.46. The van der Waals surface area contributed by atoms with Gasteiger partial charge in [-0.25, -0.2) is 10.8 Å². The Hall–Kier alpha value is -2.97. The summed E-state index contributed by atoms with van der Waals surface area (Å²) in [6.45, 7) is 0.687. The molecule has 2 aromatic rings. The molecule has 4 rings (SSSR count). The van der Waals surface area contributed by atoms with E-state index in [0.717, 1.165) is 38.5 Å². The molecule has 1 aromatic carbocycles. The van der Waals surface area contributed by atoms with E-state index >= 15 is 0 Å². The number of hydrazine groups is 1. The molecule has 2 aliphatic rings. The molecule has 0 radical (unpaired) electrons. The molecule has 8 heteroatoms. The molecule has 2 amide bonds. The quantitative estimate of drug-likeness (QED) is 0.284. The average Bonchev–Trinajstić information content (AvgIpc) is 2.78. The molecule has 2 saturated carbocycles. The maximum atomic E-state index is 11.5. The van der Waals surface area contributed by atoms with Crippen molar-refractivity contribution < 1.29 is 19.1 Å². The molecule has 0 atom stereocenters. The van der Waals surface area contributed by atoms with Crippen molar-refractivity contribution in [1.82, 2.24) is 10.4 Å². The number of hydrogen-bond donors (Lipinski definition) is 3. The van der Waals surface area contributed by atoms with E-state index in [0.29, 0.717) is 29.7 Å². The van der Waals surface area contributed by atoms with E-state index in [-0.39, 0.29) is 6.10 Å². The van der Waals surface area contributed by atoms with Gasteiger partial charge in [-0.1, -0.05) is 30.3 Å². The Kier molecular flexibility index (Phi) is 6.48. The van der Waals surface area contributed by atoms with Gasteiger partial charge in [0.15, 0.2) is 0 Å². The van der Waals surface area contributed by atoms with Crippen molar-refractivity contribution in [2.45, 2.75) is 57.3 Å². The zero-order valence-corrected chi connectivity index (χ0v) is 17.4. The summed E-state index contributed by atoms with van der Waals surface area (Å²) in [5.41, 5.74) is 3.81. The van der Waals surface area contributed by atoms with Crippen molar-refractivity contribution in [3.05, 3.63) is 54.2 Å². The lowest BCUT2D eigenvalue weighted by molar-refractivity contribution is -0.136. The summed E-state index contributed by atoms with van der Waals surface area (Å²) in [5.74, 6) is 3.68. The third kappa shape index (κ3) is 5.39. The van der Waals surface area contributed by atoms with Crippen molar-refractivity contribution in [3.8, 4) is 5.88 Å². The van der Waals surface area contributed by atoms with Crippen LogP contribution in [0.2, 0.25) is 0 Å². The molecule has 0 aliphatic heterocycles. The molecule has 8 nitrogen and oxygen atoms in total. The van der Waals surface area contributed by atoms with Gasteiger partial charge < -0.3 is 14.8 Å². The van der Waals surface area contributed by atoms with Crippen molar-refractivity contribution in [1.29, 1.82) is 0 Å². The standard InChI is InChI=1S/C23H28N4O4/c24-27-22(29)21(28)26-17-6-7-20(25-14-17)31-18-8-10-23(11-9-18)12-19(13-23)30-15-16-4-2-1-3-5-16/h1-7,14,18-19H,8-13,15,24H2,(H,26,28)(H,27,29). The van der Waals surface area contributed by atoms with Gasteiger partial charge in [-0.3, -0.25) is 15.0 Å². The Morgan fingerprint density at radius 3 is 2.42 bits per heavy atom. The van der Waals surface area contributed by atoms with Gasteiger partial charge in [0.1, 0.15) is 6.10 Å². The first-order valence-corrected chi connectivity index (χ1v) is 10.7. The van der Waals surface area contributed by atoms with Crippen LogP contribution in [0.4, 0.5) is 5.69 Å². The van der Waals surface area contributed by atoms with Gasteiger partial charge in [0.25, 0.3) is 0 Å². The van der Waals surface area contributed by atoms with Crippen molar-refractivity contribution >= 4 is 17.5 Å². The molecule has 2 aliphatic carbocycles. The third-order valence-corrected chi connectivity index (χ3v) is 6.26. The molecule has 164 valence electrons. The summed E-state index contributed by atoms with van der Waals surface area (Å²) in [6, 6.07) is 13.6. The van der Waals surface area contributed by atoms with Gasteiger partial charge in [0.2, 0.25) is 5.88 Å². The topological polar surface area (TPSA) is 116 Å². The first-order chi connectivity index (χ1) is 15.0. The van der Waals surface area contributed by atoms with E-state index in [2.05, 4.69) is 22.4 Å². The molecule has 1 spiro atoms. The second-order valence-electron chi connectivity index (χ2n) is 8.46. The van der Waals surface area contributed by atoms with Gasteiger partial charge in [0, 0.05) is 6.07 Å². The molecule has 0 bridgehead atoms. The fourth-order valence-electron chi connectivity index (χ4n) is 4.49. The van der Waals surface area contributed by atoms with Crippen LogP contribution in [0.3, 0.4) is 0 Å². The summed E-state index contributed by atoms with van der Waals surface area (Å²) in [5, 5.41) is 2.41. The van der Waals surface area contributed by atoms with Crippen LogP contribution in [0, 0.1) is 5.41 Å². The summed E-state index contributed by atoms with van der Waals surface area (Å²) in [7, 11) is 0. The van der Waals surface area contributed by atoms with Crippen LogP contribution in [-0.4, -0.2) is 29.0 Å². The smallest absolute Gasteiger partial charge is 0.323 e. The highest BCUT2D eigenvalue weighted by Gasteiger charge is 2.47. The Balaban J connectivity index is 1.18. The molecule has 1 heterocycles. The Morgan fingerprint density at radius 2 is 1.77 bits per heavy atom. The number of carbonyl (C=O) groups excluding carboxylic acids is 2. The van der Waals surface area contributed by atoms with Crippen LogP contribution in [0.1, 0.15) is 44.1 Å². The largest absolute Gasteiger partial charge is 0.474 e. The summed E-state index contributed by atoms with van der Waals surface area (Å²) >= 11 is 0. The number of carbonyl (C=O) groups is 2. The zero-order chi connectivity index (χ0) is 21.7. The van der Waals surface area contributed by atoms with Crippen molar-refractivity contribution in [2.75, 3.05) is 5.32 Å². The Bertz CT molecular complexity index is 888. The van der Waals surface area contributed by atoms with E-state index in [1.165, 1.54) is 11.8 Å². The molecule has 4 N–H and O–H groups in total. The van der Waals surface area contributed by atoms with Gasteiger partial charge >= 0.3 is 11.8 Å². The molecule has 1 aromatic heterocycles. The van der Waals surface area contributed by atoms with Crippen LogP contribution >= 0.6 is 0 Å². The minimum atomic E-state index is -0.917. The normalized spacial score (nSPS) is 24.8. The van der Waals surface area contributed by atoms with E-state index in [9.17, 15) is 9.59 Å². The van der Waals surface area contributed by atoms with E-state index in [1.54, 1.807) is 17.6 Å². The minimum absolute atomic E-state index is 0.144. The highest BCUT2D eigenvalue weighted by atomic mass is 16.5. The third-order valence-electron chi connectivity index (χ3n) is 6.26. The Morgan fingerprint density at radius 1 is 1.03 bits per heavy atom. The molecule has 31 heavy (non-hydrogen) atoms. The van der Waals surface area contributed by atoms with Crippen LogP contribution in [0.5, 0.6) is 5.88 Å². The highest BCUT2D eigenvalue weighted by Crippen LogP contribution is 2.53. The number of benzene rings is 1. The summed E-state index contributed by atoms with van der Waals surface area (Å²) in [6.07, 6.45) is 8.53. The number of ether oxygens (including phenoxy) is 2. The maximum Gasteiger partial charge on any atom is 0.323 e. The summed E-state index contributed by atoms with van der Waals surface area (Å²) < 4.78 is 12.1. The van der Waals surface area contributed by atoms with Crippen LogP contribution in [0.25, 0.3) is 0 Å². The first-order valence-electron chi connectivity index (χ1n) is 10.7. The number of anilines is 1. The number of pyridine rings is 1. The monoisotopic (exact) mass is 424 g/mol. The fourth-order valence-corrected chi connectivity index (χ4v) is 4.49. The molecule has 0 unspecified atom stereocenters. The van der Waals surface area contributed by atoms with Crippen LogP contribution in [0.15, 0.2) is 48.7 Å². The fraction of sp³-hybridized carbons (Fsp3) is 0.435. The van der Waals surface area contributed by atoms with Gasteiger partial charge in [-0.2, -0.15) is 0 Å². The van der Waals surface area contributed by atoms with Gasteiger partial charge in [-0.05, 0) is 55.6 Å². The van der Waals surface area contributed by atoms with Crippen molar-refractivity contribution in [2.24, 2.45) is 11.3 Å². The molecule has 2 fully saturated rings. The Labute approximate surface area is 181 Å². The van der Waals surface area contributed by atoms with Gasteiger partial charge in [-0.15, -0.1) is 0 Å². The zero-order valence-electron chi connectivity index (χ0n) is 17.4. The number of aromatic nitrogens is 1. The van der Waals surface area contributed by atoms with Crippen molar-refractivity contribution in [3.63, 3.8) is 0 Å². The SMILES string of the molecule is NNC(=O)C(=O)Nc1ccc(OC2CCC3(CC2)CC(OCc2ccccc2)C3)nc1. The lowest BCUT2D eigenvalue weighted by atomic mass is 9.59. The number of nitrogens with one attached hydrogen (secondary N) is 2. The molecular weight excluding hydrogens is 396 g/mol. The molecule has 0 saturated heterocycles. The van der Waals surface area contributed by atoms with E-state index in [4.69, 9.17) is 15.3 Å². The van der Waals surface area contributed by atoms with E-state index in [1.807, 2.05) is 18.2 Å². The van der Waals surface area contributed by atoms with E-state index < -0.39 is 11.8 Å². The number of nitrogens with zero attached hydrogens (tertiary/aromatic N) is 1. The number of amides is 2. The highest BCUT2D eigenvalue weighted by molar-refractivity contribution is 6.39. The number of hydrogen-bond acceptors (Lipinski definition) is 6. The van der Waals surface area contributed by atoms with Crippen LogP contribution < -0.4 is 21.3 Å². The average molecular weight is 425 g/mol. The minimum Gasteiger partial charge on any atom is -0.474 e. The first kappa shape index (κ1) is 21.3. The predicted molar refractivity (Wildman–Crippen MR) is 115 cm³/mol. The second kappa shape index (κ2) is 9.45. The maximum absolute atomic E-state index is 11.5. The van der Waals surface area contributed by atoms with Crippen LogP contribution in [-0.2, 0) is 20.9 Å². The molecular formula is C23H28N4O4. The second-order valence-corrected chi connectivity index (χ2v) is 8.46. The number of rotatable bonds is 6. The predicted octanol–water partition coefficient (Wildman–Crippen LogP) is 2.70. The lowest BCUT2D eigenvalue weighted by Gasteiger charge is -2.51. The summed E-state index contributed by atoms with van der Waals surface area (Å²) in [4.78, 5) is 26.9. The van der Waals surface area contributed by atoms with Gasteiger partial charge in [0.05, 0.1) is 24.6 Å². The number of nitrogens with two attached hydrogens (primary N) is 1.